The summed E-state index contributed by atoms with van der Waals surface area (Å²) in [5.41, 5.74) is 0.840. The SMILES string of the molecule is O=[N+]([O-])C=Cc1ccsc1Br. The maximum absolute atomic E-state index is 9.91. The predicted octanol–water partition coefficient (Wildman–Crippen LogP) is 2.76. The van der Waals surface area contributed by atoms with Gasteiger partial charge in [0, 0.05) is 11.6 Å². The van der Waals surface area contributed by atoms with Crippen molar-refractivity contribution in [3.8, 4) is 0 Å². The highest BCUT2D eigenvalue weighted by Crippen LogP contribution is 2.24. The highest BCUT2D eigenvalue weighted by molar-refractivity contribution is 9.11. The lowest BCUT2D eigenvalue weighted by molar-refractivity contribution is -0.400. The van der Waals surface area contributed by atoms with E-state index in [2.05, 4.69) is 15.9 Å². The van der Waals surface area contributed by atoms with Gasteiger partial charge in [0.2, 0.25) is 6.20 Å². The third kappa shape index (κ3) is 2.44. The van der Waals surface area contributed by atoms with Gasteiger partial charge in [0.25, 0.3) is 0 Å². The van der Waals surface area contributed by atoms with E-state index in [1.165, 1.54) is 17.4 Å². The van der Waals surface area contributed by atoms with E-state index in [9.17, 15) is 10.1 Å². The number of nitrogens with zero attached hydrogens (tertiary/aromatic N) is 1. The summed E-state index contributed by atoms with van der Waals surface area (Å²) in [5, 5.41) is 11.8. The Morgan fingerprint density at radius 2 is 2.45 bits per heavy atom. The summed E-state index contributed by atoms with van der Waals surface area (Å²) in [6, 6.07) is 1.81. The summed E-state index contributed by atoms with van der Waals surface area (Å²) >= 11 is 4.76. The molecule has 0 bridgehead atoms. The highest BCUT2D eigenvalue weighted by Gasteiger charge is 1.96. The number of nitro groups is 1. The fraction of sp³-hybridized carbons (Fsp3) is 0. The first-order chi connectivity index (χ1) is 5.20. The largest absolute Gasteiger partial charge is 0.259 e. The van der Waals surface area contributed by atoms with Crippen LogP contribution in [-0.4, -0.2) is 4.92 Å². The molecule has 11 heavy (non-hydrogen) atoms. The van der Waals surface area contributed by atoms with Crippen molar-refractivity contribution in [1.29, 1.82) is 0 Å². The molecule has 0 fully saturated rings. The number of halogens is 1. The molecule has 1 rings (SSSR count). The van der Waals surface area contributed by atoms with E-state index < -0.39 is 4.92 Å². The molecule has 1 heterocycles. The molecule has 0 aromatic carbocycles. The maximum Gasteiger partial charge on any atom is 0.235 e. The molecular formula is C6H4BrNO2S. The van der Waals surface area contributed by atoms with E-state index >= 15 is 0 Å². The molecule has 0 unspecified atom stereocenters. The van der Waals surface area contributed by atoms with Gasteiger partial charge in [-0.05, 0) is 27.4 Å². The second kappa shape index (κ2) is 3.64. The Morgan fingerprint density at radius 3 is 2.91 bits per heavy atom. The van der Waals surface area contributed by atoms with Crippen molar-refractivity contribution in [2.24, 2.45) is 0 Å². The highest BCUT2D eigenvalue weighted by atomic mass is 79.9. The molecule has 0 aliphatic heterocycles. The molecule has 0 aliphatic rings. The Bertz CT molecular complexity index is 295. The van der Waals surface area contributed by atoms with Crippen molar-refractivity contribution in [1.82, 2.24) is 0 Å². The molecule has 0 radical (unpaired) electrons. The summed E-state index contributed by atoms with van der Waals surface area (Å²) in [7, 11) is 0. The van der Waals surface area contributed by atoms with Gasteiger partial charge in [0.15, 0.2) is 0 Å². The molecule has 0 spiro atoms. The molecule has 58 valence electrons. The van der Waals surface area contributed by atoms with Crippen LogP contribution in [0.4, 0.5) is 0 Å². The van der Waals surface area contributed by atoms with E-state index in [1.54, 1.807) is 0 Å². The molecule has 0 saturated carbocycles. The van der Waals surface area contributed by atoms with E-state index in [0.29, 0.717) is 0 Å². The van der Waals surface area contributed by atoms with Gasteiger partial charge in [-0.25, -0.2) is 0 Å². The first-order valence-electron chi connectivity index (χ1n) is 2.75. The zero-order valence-corrected chi connectivity index (χ0v) is 7.76. The van der Waals surface area contributed by atoms with E-state index in [1.807, 2.05) is 11.4 Å². The van der Waals surface area contributed by atoms with Gasteiger partial charge < -0.3 is 0 Å². The molecule has 0 amide bonds. The van der Waals surface area contributed by atoms with Crippen LogP contribution >= 0.6 is 27.3 Å². The van der Waals surface area contributed by atoms with Crippen LogP contribution in [0.1, 0.15) is 5.56 Å². The van der Waals surface area contributed by atoms with Crippen LogP contribution in [0.25, 0.3) is 6.08 Å². The van der Waals surface area contributed by atoms with Crippen molar-refractivity contribution in [2.75, 3.05) is 0 Å². The third-order valence-corrected chi connectivity index (χ3v) is 2.76. The third-order valence-electron chi connectivity index (χ3n) is 1.02. The summed E-state index contributed by atoms with van der Waals surface area (Å²) in [6.45, 7) is 0. The quantitative estimate of drug-likeness (QED) is 0.583. The molecule has 0 saturated heterocycles. The van der Waals surface area contributed by atoms with Gasteiger partial charge in [-0.15, -0.1) is 11.3 Å². The van der Waals surface area contributed by atoms with Gasteiger partial charge in [-0.3, -0.25) is 10.1 Å². The number of hydrogen-bond acceptors (Lipinski definition) is 3. The second-order valence-electron chi connectivity index (χ2n) is 1.75. The minimum Gasteiger partial charge on any atom is -0.259 e. The van der Waals surface area contributed by atoms with E-state index in [4.69, 9.17) is 0 Å². The van der Waals surface area contributed by atoms with Gasteiger partial charge >= 0.3 is 0 Å². The van der Waals surface area contributed by atoms with Crippen molar-refractivity contribution in [3.63, 3.8) is 0 Å². The molecule has 0 aliphatic carbocycles. The average Bonchev–Trinajstić information content (AvgIpc) is 2.31. The molecule has 5 heteroatoms. The fourth-order valence-electron chi connectivity index (χ4n) is 0.563. The van der Waals surface area contributed by atoms with Crippen molar-refractivity contribution >= 4 is 33.3 Å². The number of hydrogen-bond donors (Lipinski definition) is 0. The molecular weight excluding hydrogens is 230 g/mol. The smallest absolute Gasteiger partial charge is 0.235 e. The Balaban J connectivity index is 2.79. The zero-order valence-electron chi connectivity index (χ0n) is 5.36. The monoisotopic (exact) mass is 233 g/mol. The fourth-order valence-corrected chi connectivity index (χ4v) is 1.76. The standard InChI is InChI=1S/C6H4BrNO2S/c7-6-5(2-4-11-6)1-3-8(9)10/h1-4H. The van der Waals surface area contributed by atoms with Crippen LogP contribution in [0.5, 0.6) is 0 Å². The van der Waals surface area contributed by atoms with Gasteiger partial charge in [0.1, 0.15) is 0 Å². The van der Waals surface area contributed by atoms with Gasteiger partial charge in [0.05, 0.1) is 8.71 Å². The lowest BCUT2D eigenvalue weighted by Gasteiger charge is -1.82. The molecule has 0 atom stereocenters. The van der Waals surface area contributed by atoms with Crippen LogP contribution in [0.3, 0.4) is 0 Å². The lowest BCUT2D eigenvalue weighted by atomic mass is 10.3. The van der Waals surface area contributed by atoms with Crippen molar-refractivity contribution < 1.29 is 4.92 Å². The average molecular weight is 234 g/mol. The number of rotatable bonds is 2. The summed E-state index contributed by atoms with van der Waals surface area (Å²) in [6.07, 6.45) is 2.38. The summed E-state index contributed by atoms with van der Waals surface area (Å²) < 4.78 is 0.913. The Hall–Kier alpha value is -0.680. The van der Waals surface area contributed by atoms with E-state index in [0.717, 1.165) is 15.5 Å². The molecule has 3 nitrogen and oxygen atoms in total. The first-order valence-corrected chi connectivity index (χ1v) is 4.42. The minimum absolute atomic E-state index is 0.482. The minimum atomic E-state index is -0.482. The van der Waals surface area contributed by atoms with Crippen LogP contribution < -0.4 is 0 Å². The second-order valence-corrected chi connectivity index (χ2v) is 3.98. The summed E-state index contributed by atoms with van der Waals surface area (Å²) in [5.74, 6) is 0. The lowest BCUT2D eigenvalue weighted by Crippen LogP contribution is -1.81. The van der Waals surface area contributed by atoms with Crippen LogP contribution in [0.15, 0.2) is 21.4 Å². The topological polar surface area (TPSA) is 43.1 Å². The normalized spacial score (nSPS) is 10.6. The number of thiophene rings is 1. The Labute approximate surface area is 75.6 Å². The Morgan fingerprint density at radius 1 is 1.73 bits per heavy atom. The summed E-state index contributed by atoms with van der Waals surface area (Å²) in [4.78, 5) is 9.43. The van der Waals surface area contributed by atoms with Crippen LogP contribution in [0.2, 0.25) is 0 Å². The van der Waals surface area contributed by atoms with Crippen LogP contribution in [0, 0.1) is 10.1 Å². The maximum atomic E-state index is 9.91. The molecule has 1 aromatic heterocycles. The molecule has 1 aromatic rings. The van der Waals surface area contributed by atoms with Crippen molar-refractivity contribution in [3.05, 3.63) is 37.1 Å². The predicted molar refractivity (Wildman–Crippen MR) is 48.0 cm³/mol. The van der Waals surface area contributed by atoms with Gasteiger partial charge in [-0.1, -0.05) is 0 Å². The van der Waals surface area contributed by atoms with E-state index in [-0.39, 0.29) is 0 Å². The van der Waals surface area contributed by atoms with Gasteiger partial charge in [-0.2, -0.15) is 0 Å². The Kier molecular flexibility index (Phi) is 2.78. The first kappa shape index (κ1) is 8.42. The zero-order chi connectivity index (χ0) is 8.27. The molecule has 0 N–H and O–H groups in total. The van der Waals surface area contributed by atoms with Crippen LogP contribution in [-0.2, 0) is 0 Å². The van der Waals surface area contributed by atoms with Crippen molar-refractivity contribution in [2.45, 2.75) is 0 Å².